The van der Waals surface area contributed by atoms with E-state index in [4.69, 9.17) is 9.29 Å². The van der Waals surface area contributed by atoms with Crippen LogP contribution in [0.15, 0.2) is 48.5 Å². The van der Waals surface area contributed by atoms with Crippen molar-refractivity contribution in [1.29, 1.82) is 0 Å². The molecule has 0 unspecified atom stereocenters. The summed E-state index contributed by atoms with van der Waals surface area (Å²) in [6, 6.07) is 10.9. The molecule has 0 radical (unpaired) electrons. The molecular formula is C27H32F6N2O5S. The number of carbonyl (C=O) groups excluding carboxylic acids is 1. The predicted molar refractivity (Wildman–Crippen MR) is 138 cm³/mol. The lowest BCUT2D eigenvalue weighted by atomic mass is 9.76. The number of alkyl halides is 6. The molecule has 14 heteroatoms. The number of carbonyl (C=O) groups is 1. The Morgan fingerprint density at radius 1 is 0.976 bits per heavy atom. The summed E-state index contributed by atoms with van der Waals surface area (Å²) in [5, 5.41) is 6.52. The van der Waals surface area contributed by atoms with E-state index in [-0.39, 0.29) is 35.4 Å². The molecule has 7 nitrogen and oxygen atoms in total. The van der Waals surface area contributed by atoms with Crippen LogP contribution in [0.3, 0.4) is 0 Å². The zero-order valence-electron chi connectivity index (χ0n) is 22.4. The minimum Gasteiger partial charge on any atom is -0.372 e. The van der Waals surface area contributed by atoms with Crippen molar-refractivity contribution in [2.45, 2.75) is 69.1 Å². The summed E-state index contributed by atoms with van der Waals surface area (Å²) in [5.74, 6) is -0.207. The largest absolute Gasteiger partial charge is 0.416 e. The van der Waals surface area contributed by atoms with Crippen molar-refractivity contribution in [2.24, 2.45) is 0 Å². The van der Waals surface area contributed by atoms with Gasteiger partial charge in [0.05, 0.1) is 40.7 Å². The summed E-state index contributed by atoms with van der Waals surface area (Å²) in [5.41, 5.74) is -3.11. The molecule has 4 rings (SSSR count). The van der Waals surface area contributed by atoms with E-state index in [1.165, 1.54) is 13.8 Å². The smallest absolute Gasteiger partial charge is 0.372 e. The van der Waals surface area contributed by atoms with Crippen molar-refractivity contribution >= 4 is 16.0 Å². The van der Waals surface area contributed by atoms with Gasteiger partial charge in [-0.1, -0.05) is 30.3 Å². The molecule has 2 fully saturated rings. The Balaban J connectivity index is 0.000000696. The van der Waals surface area contributed by atoms with Crippen molar-refractivity contribution in [2.75, 3.05) is 18.9 Å². The molecule has 0 bridgehead atoms. The summed E-state index contributed by atoms with van der Waals surface area (Å²) in [4.78, 5) is 11.8. The van der Waals surface area contributed by atoms with E-state index < -0.39 is 45.2 Å². The number of nitrogens with one attached hydrogen (secondary N) is 2. The van der Waals surface area contributed by atoms with E-state index in [1.54, 1.807) is 0 Å². The first kappa shape index (κ1) is 32.8. The number of hydrogen-bond donors (Lipinski definition) is 3. The van der Waals surface area contributed by atoms with Gasteiger partial charge in [-0.2, -0.15) is 34.8 Å². The Morgan fingerprint density at radius 3 is 1.95 bits per heavy atom. The second-order valence-corrected chi connectivity index (χ2v) is 12.0. The van der Waals surface area contributed by atoms with E-state index in [0.29, 0.717) is 44.4 Å². The molecule has 2 aliphatic heterocycles. The van der Waals surface area contributed by atoms with Gasteiger partial charge < -0.3 is 15.4 Å². The molecule has 3 atom stereocenters. The first-order chi connectivity index (χ1) is 18.9. The van der Waals surface area contributed by atoms with Crippen LogP contribution < -0.4 is 10.6 Å². The molecule has 2 heterocycles. The zero-order chi connectivity index (χ0) is 30.7. The highest BCUT2D eigenvalue weighted by Gasteiger charge is 2.47. The van der Waals surface area contributed by atoms with E-state index in [0.717, 1.165) is 5.56 Å². The Hall–Kier alpha value is -2.68. The SMILES string of the molecule is CCS(=O)(=O)O.C[C@@H](OC[C@@]1(c2ccccc2)CC[C@]2(CCC(=O)N2)CN1)c1cc(C(F)(F)F)cc(C(F)(F)F)c1. The topological polar surface area (TPSA) is 105 Å². The monoisotopic (exact) mass is 610 g/mol. The van der Waals surface area contributed by atoms with Crippen LogP contribution in [0.4, 0.5) is 26.3 Å². The van der Waals surface area contributed by atoms with Crippen molar-refractivity contribution in [1.82, 2.24) is 10.6 Å². The third-order valence-corrected chi connectivity index (χ3v) is 8.11. The first-order valence-electron chi connectivity index (χ1n) is 12.9. The van der Waals surface area contributed by atoms with Crippen LogP contribution >= 0.6 is 0 Å². The lowest BCUT2D eigenvalue weighted by Crippen LogP contribution is -2.61. The highest BCUT2D eigenvalue weighted by molar-refractivity contribution is 7.85. The molecule has 1 spiro atoms. The minimum atomic E-state index is -4.92. The number of amides is 1. The fourth-order valence-corrected chi connectivity index (χ4v) is 4.85. The highest BCUT2D eigenvalue weighted by atomic mass is 32.2. The van der Waals surface area contributed by atoms with Crippen LogP contribution in [0.2, 0.25) is 0 Å². The van der Waals surface area contributed by atoms with Crippen LogP contribution in [0, 0.1) is 0 Å². The van der Waals surface area contributed by atoms with Crippen LogP contribution in [0.25, 0.3) is 0 Å². The van der Waals surface area contributed by atoms with Gasteiger partial charge in [0.15, 0.2) is 0 Å². The Morgan fingerprint density at radius 2 is 1.54 bits per heavy atom. The molecule has 2 aliphatic rings. The van der Waals surface area contributed by atoms with Crippen molar-refractivity contribution in [3.63, 3.8) is 0 Å². The van der Waals surface area contributed by atoms with Crippen molar-refractivity contribution in [3.8, 4) is 0 Å². The van der Waals surface area contributed by atoms with Crippen LogP contribution in [-0.4, -0.2) is 43.3 Å². The Kier molecular flexibility index (Phi) is 9.83. The van der Waals surface area contributed by atoms with Crippen molar-refractivity contribution < 1.29 is 48.8 Å². The van der Waals surface area contributed by atoms with Crippen LogP contribution in [0.5, 0.6) is 0 Å². The van der Waals surface area contributed by atoms with Crippen LogP contribution in [-0.2, 0) is 37.5 Å². The van der Waals surface area contributed by atoms with Gasteiger partial charge in [0.2, 0.25) is 5.91 Å². The zero-order valence-corrected chi connectivity index (χ0v) is 23.2. The molecule has 0 saturated carbocycles. The van der Waals surface area contributed by atoms with Gasteiger partial charge >= 0.3 is 12.4 Å². The fraction of sp³-hybridized carbons (Fsp3) is 0.519. The molecule has 1 amide bonds. The second-order valence-electron chi connectivity index (χ2n) is 10.3. The molecule has 228 valence electrons. The van der Waals surface area contributed by atoms with Gasteiger partial charge in [-0.05, 0) is 62.4 Å². The molecule has 41 heavy (non-hydrogen) atoms. The third kappa shape index (κ3) is 8.66. The Labute approximate surface area is 234 Å². The maximum absolute atomic E-state index is 13.3. The van der Waals surface area contributed by atoms with Gasteiger partial charge in [-0.15, -0.1) is 0 Å². The average Bonchev–Trinajstić information content (AvgIpc) is 3.27. The first-order valence-corrected chi connectivity index (χ1v) is 14.5. The molecule has 0 aliphatic carbocycles. The molecule has 2 aromatic carbocycles. The van der Waals surface area contributed by atoms with E-state index in [2.05, 4.69) is 10.6 Å². The van der Waals surface area contributed by atoms with Crippen molar-refractivity contribution in [3.05, 3.63) is 70.8 Å². The quantitative estimate of drug-likeness (QED) is 0.290. The molecule has 2 saturated heterocycles. The van der Waals surface area contributed by atoms with Gasteiger partial charge in [0.25, 0.3) is 10.1 Å². The number of benzene rings is 2. The molecular weight excluding hydrogens is 578 g/mol. The van der Waals surface area contributed by atoms with Gasteiger partial charge in [0.1, 0.15) is 0 Å². The molecule has 3 N–H and O–H groups in total. The van der Waals surface area contributed by atoms with Gasteiger partial charge in [-0.25, -0.2) is 0 Å². The summed E-state index contributed by atoms with van der Waals surface area (Å²) in [6.07, 6.45) is -8.49. The number of hydrogen-bond acceptors (Lipinski definition) is 5. The van der Waals surface area contributed by atoms with Gasteiger partial charge in [-0.3, -0.25) is 9.35 Å². The summed E-state index contributed by atoms with van der Waals surface area (Å²) in [7, 11) is -3.66. The van der Waals surface area contributed by atoms with Crippen LogP contribution in [0.1, 0.15) is 67.9 Å². The minimum absolute atomic E-state index is 0.00565. The highest BCUT2D eigenvalue weighted by Crippen LogP contribution is 2.41. The van der Waals surface area contributed by atoms with Gasteiger partial charge in [0, 0.05) is 13.0 Å². The summed E-state index contributed by atoms with van der Waals surface area (Å²) in [6.45, 7) is 3.32. The van der Waals surface area contributed by atoms with E-state index in [1.807, 2.05) is 30.3 Å². The lowest BCUT2D eigenvalue weighted by molar-refractivity contribution is -0.143. The standard InChI is InChI=1S/C25H26F6N2O2.C2H6O3S/c1-16(17-11-19(24(26,27)28)13-20(12-17)25(29,30)31)35-15-23(18-5-3-2-4-6-18)10-9-22(14-32-23)8-7-21(34)33-22;1-2-6(3,4)5/h2-6,11-13,16,32H,7-10,14-15H2,1H3,(H,33,34);2H2,1H3,(H,3,4,5)/t16-,22-,23-;/m1./s1. The number of ether oxygens (including phenoxy) is 1. The second kappa shape index (κ2) is 12.3. The predicted octanol–water partition coefficient (Wildman–Crippen LogP) is 5.62. The normalized spacial score (nSPS) is 24.0. The summed E-state index contributed by atoms with van der Waals surface area (Å²) >= 11 is 0. The summed E-state index contributed by atoms with van der Waals surface area (Å²) < 4.78 is 113. The van der Waals surface area contributed by atoms with E-state index in [9.17, 15) is 39.6 Å². The Bertz CT molecular complexity index is 1280. The van der Waals surface area contributed by atoms with E-state index >= 15 is 0 Å². The third-order valence-electron chi connectivity index (χ3n) is 7.38. The fourth-order valence-electron chi connectivity index (χ4n) is 4.85. The average molecular weight is 611 g/mol. The molecule has 2 aromatic rings. The number of halogens is 6. The number of piperidine rings is 1. The molecule has 0 aromatic heterocycles. The maximum atomic E-state index is 13.3. The maximum Gasteiger partial charge on any atom is 0.416 e. The number of rotatable bonds is 6. The lowest BCUT2D eigenvalue weighted by Gasteiger charge is -2.46.